The van der Waals surface area contributed by atoms with Crippen molar-refractivity contribution in [2.45, 2.75) is 50.0 Å². The van der Waals surface area contributed by atoms with E-state index in [1.165, 1.54) is 17.1 Å². The first-order valence-electron chi connectivity index (χ1n) is 10.7. The normalized spacial score (nSPS) is 20.5. The second kappa shape index (κ2) is 8.54. The Balaban J connectivity index is 1.29. The largest absolute Gasteiger partial charge is 0.471 e. The molecule has 10 nitrogen and oxygen atoms in total. The minimum Gasteiger partial charge on any atom is -0.412 e. The molecule has 1 aromatic carbocycles. The van der Waals surface area contributed by atoms with Crippen molar-refractivity contribution < 1.29 is 27.2 Å². The Morgan fingerprint density at radius 2 is 1.97 bits per heavy atom. The van der Waals surface area contributed by atoms with Gasteiger partial charge in [0, 0.05) is 24.3 Å². The second-order valence-corrected chi connectivity index (χ2v) is 8.41. The van der Waals surface area contributed by atoms with Gasteiger partial charge in [-0.1, -0.05) is 23.4 Å². The Bertz CT molecular complexity index is 1190. The van der Waals surface area contributed by atoms with Crippen LogP contribution in [0.3, 0.4) is 0 Å². The Kier molecular flexibility index (Phi) is 5.54. The molecule has 0 radical (unpaired) electrons. The third kappa shape index (κ3) is 4.50. The maximum atomic E-state index is 13.1. The number of nitrogens with one attached hydrogen (secondary N) is 1. The lowest BCUT2D eigenvalue weighted by molar-refractivity contribution is -0.186. The van der Waals surface area contributed by atoms with Gasteiger partial charge in [-0.2, -0.15) is 13.2 Å². The maximum absolute atomic E-state index is 13.1. The maximum Gasteiger partial charge on any atom is 0.471 e. The average molecular weight is 475 g/mol. The minimum atomic E-state index is -5.03. The fourth-order valence-corrected chi connectivity index (χ4v) is 4.27. The standard InChI is InChI=1S/C21H20F3N7O3/c22-21(23,24)20(33)31-10-13(9-14(31)11-30-8-7-25-29-30)26-17(32)19-28-27-18(34-19)16-4-2-1-3-15(16)12-5-6-12/h1-4,7-8,12-14H,5-6,9-11H2,(H,26,32)/t13-,14+/m1/s1. The SMILES string of the molecule is O=C(N[C@@H]1C[C@@H](Cn2ccnn2)N(C(=O)C(F)(F)F)C1)c1nnc(-c2ccccc2C2CC2)o1. The molecule has 1 aliphatic heterocycles. The number of rotatable bonds is 6. The predicted octanol–water partition coefficient (Wildman–Crippen LogP) is 2.17. The van der Waals surface area contributed by atoms with Gasteiger partial charge in [-0.25, -0.2) is 0 Å². The van der Waals surface area contributed by atoms with Crippen molar-refractivity contribution in [1.82, 2.24) is 35.4 Å². The van der Waals surface area contributed by atoms with Crippen molar-refractivity contribution in [3.05, 3.63) is 48.1 Å². The number of alkyl halides is 3. The van der Waals surface area contributed by atoms with Crippen molar-refractivity contribution in [3.63, 3.8) is 0 Å². The van der Waals surface area contributed by atoms with Crippen LogP contribution in [0.1, 0.15) is 41.4 Å². The Morgan fingerprint density at radius 3 is 2.68 bits per heavy atom. The van der Waals surface area contributed by atoms with Crippen molar-refractivity contribution in [3.8, 4) is 11.5 Å². The highest BCUT2D eigenvalue weighted by Gasteiger charge is 2.48. The van der Waals surface area contributed by atoms with Gasteiger partial charge in [-0.3, -0.25) is 14.3 Å². The molecule has 0 spiro atoms. The number of benzene rings is 1. The molecule has 178 valence electrons. The number of carbonyl (C=O) groups is 2. The lowest BCUT2D eigenvalue weighted by Gasteiger charge is -2.25. The van der Waals surface area contributed by atoms with E-state index in [4.69, 9.17) is 4.42 Å². The van der Waals surface area contributed by atoms with E-state index in [2.05, 4.69) is 25.8 Å². The Hall–Kier alpha value is -3.77. The zero-order valence-corrected chi connectivity index (χ0v) is 17.8. The molecular weight excluding hydrogens is 455 g/mol. The first-order valence-corrected chi connectivity index (χ1v) is 10.7. The molecule has 3 heterocycles. The van der Waals surface area contributed by atoms with Crippen LogP contribution in [-0.4, -0.2) is 66.7 Å². The van der Waals surface area contributed by atoms with Crippen LogP contribution >= 0.6 is 0 Å². The number of aromatic nitrogens is 5. The van der Waals surface area contributed by atoms with Gasteiger partial charge in [-0.05, 0) is 36.8 Å². The summed E-state index contributed by atoms with van der Waals surface area (Å²) in [6, 6.07) is 6.02. The predicted molar refractivity (Wildman–Crippen MR) is 109 cm³/mol. The molecule has 2 amide bonds. The van der Waals surface area contributed by atoms with E-state index in [-0.39, 0.29) is 31.3 Å². The summed E-state index contributed by atoms with van der Waals surface area (Å²) in [5.41, 5.74) is 1.83. The number of amides is 2. The second-order valence-electron chi connectivity index (χ2n) is 8.41. The van der Waals surface area contributed by atoms with Crippen LogP contribution in [0.5, 0.6) is 0 Å². The van der Waals surface area contributed by atoms with Crippen molar-refractivity contribution in [1.29, 1.82) is 0 Å². The van der Waals surface area contributed by atoms with Gasteiger partial charge in [0.1, 0.15) is 0 Å². The van der Waals surface area contributed by atoms with Crippen LogP contribution in [-0.2, 0) is 11.3 Å². The summed E-state index contributed by atoms with van der Waals surface area (Å²) in [6.07, 6.45) is 0.0845. The van der Waals surface area contributed by atoms with Crippen LogP contribution in [0, 0.1) is 0 Å². The summed E-state index contributed by atoms with van der Waals surface area (Å²) >= 11 is 0. The molecule has 2 aromatic heterocycles. The molecule has 13 heteroatoms. The van der Waals surface area contributed by atoms with Crippen LogP contribution in [0.4, 0.5) is 13.2 Å². The number of hydrogen-bond donors (Lipinski definition) is 1. The summed E-state index contributed by atoms with van der Waals surface area (Å²) in [7, 11) is 0. The molecule has 1 N–H and O–H groups in total. The molecule has 2 aliphatic rings. The molecule has 0 bridgehead atoms. The van der Waals surface area contributed by atoms with Crippen molar-refractivity contribution >= 4 is 11.8 Å². The number of carbonyl (C=O) groups excluding carboxylic acids is 2. The van der Waals surface area contributed by atoms with E-state index in [0.29, 0.717) is 10.8 Å². The molecule has 2 fully saturated rings. The van der Waals surface area contributed by atoms with Gasteiger partial charge in [0.15, 0.2) is 0 Å². The Labute approximate surface area is 191 Å². The summed E-state index contributed by atoms with van der Waals surface area (Å²) in [6.45, 7) is -0.300. The highest BCUT2D eigenvalue weighted by atomic mass is 19.4. The number of nitrogens with zero attached hydrogens (tertiary/aromatic N) is 6. The Morgan fingerprint density at radius 1 is 1.18 bits per heavy atom. The van der Waals surface area contributed by atoms with E-state index < -0.39 is 30.1 Å². The molecule has 1 saturated carbocycles. The van der Waals surface area contributed by atoms with Crippen LogP contribution < -0.4 is 5.32 Å². The summed E-state index contributed by atoms with van der Waals surface area (Å²) in [4.78, 5) is 25.4. The van der Waals surface area contributed by atoms with Gasteiger partial charge in [0.25, 0.3) is 0 Å². The monoisotopic (exact) mass is 475 g/mol. The number of halogens is 3. The van der Waals surface area contributed by atoms with Gasteiger partial charge in [0.2, 0.25) is 5.89 Å². The highest BCUT2D eigenvalue weighted by Crippen LogP contribution is 2.44. The van der Waals surface area contributed by atoms with Gasteiger partial charge < -0.3 is 14.6 Å². The minimum absolute atomic E-state index is 0.0108. The summed E-state index contributed by atoms with van der Waals surface area (Å²) in [5, 5.41) is 17.8. The smallest absolute Gasteiger partial charge is 0.412 e. The van der Waals surface area contributed by atoms with E-state index >= 15 is 0 Å². The number of likely N-dealkylation sites (tertiary alicyclic amines) is 1. The lowest BCUT2D eigenvalue weighted by Crippen LogP contribution is -2.46. The zero-order chi connectivity index (χ0) is 23.9. The van der Waals surface area contributed by atoms with Crippen molar-refractivity contribution in [2.75, 3.05) is 6.54 Å². The molecule has 2 atom stereocenters. The topological polar surface area (TPSA) is 119 Å². The van der Waals surface area contributed by atoms with Crippen LogP contribution in [0.2, 0.25) is 0 Å². The summed E-state index contributed by atoms with van der Waals surface area (Å²) < 4.78 is 46.3. The van der Waals surface area contributed by atoms with Gasteiger partial charge >= 0.3 is 23.9 Å². The van der Waals surface area contributed by atoms with Crippen LogP contribution in [0.25, 0.3) is 11.5 Å². The lowest BCUT2D eigenvalue weighted by atomic mass is 10.0. The molecule has 1 saturated heterocycles. The van der Waals surface area contributed by atoms with E-state index in [1.807, 2.05) is 24.3 Å². The summed E-state index contributed by atoms with van der Waals surface area (Å²) in [5.74, 6) is -2.34. The van der Waals surface area contributed by atoms with Crippen molar-refractivity contribution in [2.24, 2.45) is 0 Å². The molecular formula is C21H20F3N7O3. The molecule has 0 unspecified atom stereocenters. The molecule has 1 aliphatic carbocycles. The molecule has 3 aromatic rings. The zero-order valence-electron chi connectivity index (χ0n) is 17.8. The fourth-order valence-electron chi connectivity index (χ4n) is 4.27. The fraction of sp³-hybridized carbons (Fsp3) is 0.429. The first kappa shape index (κ1) is 22.0. The third-order valence-electron chi connectivity index (χ3n) is 5.95. The number of hydrogen-bond acceptors (Lipinski definition) is 7. The van der Waals surface area contributed by atoms with E-state index in [9.17, 15) is 22.8 Å². The van der Waals surface area contributed by atoms with Gasteiger partial charge in [0.05, 0.1) is 18.8 Å². The third-order valence-corrected chi connectivity index (χ3v) is 5.95. The van der Waals surface area contributed by atoms with E-state index in [1.54, 1.807) is 0 Å². The molecule has 5 rings (SSSR count). The highest BCUT2D eigenvalue weighted by molar-refractivity contribution is 5.90. The van der Waals surface area contributed by atoms with Crippen LogP contribution in [0.15, 0.2) is 41.1 Å². The van der Waals surface area contributed by atoms with E-state index in [0.717, 1.165) is 24.0 Å². The van der Waals surface area contributed by atoms with Gasteiger partial charge in [-0.15, -0.1) is 15.3 Å². The molecule has 34 heavy (non-hydrogen) atoms. The quantitative estimate of drug-likeness (QED) is 0.580. The first-order chi connectivity index (χ1) is 16.3. The average Bonchev–Trinajstić information content (AvgIpc) is 3.16.